The first-order valence-electron chi connectivity index (χ1n) is 5.99. The van der Waals surface area contributed by atoms with E-state index >= 15 is 0 Å². The van der Waals surface area contributed by atoms with E-state index in [9.17, 15) is 14.7 Å². The summed E-state index contributed by atoms with van der Waals surface area (Å²) in [5.74, 6) is -0.618. The Hall–Kier alpha value is -1.83. The van der Waals surface area contributed by atoms with Gasteiger partial charge in [0.2, 0.25) is 0 Å². The number of methoxy groups -OCH3 is 1. The van der Waals surface area contributed by atoms with Crippen LogP contribution in [0.4, 0.5) is 10.6 Å². The van der Waals surface area contributed by atoms with Crippen LogP contribution in [0.3, 0.4) is 0 Å². The number of carbonyl (C=O) groups excluding carboxylic acids is 1. The van der Waals surface area contributed by atoms with Gasteiger partial charge in [0.1, 0.15) is 11.4 Å². The molecule has 108 valence electrons. The van der Waals surface area contributed by atoms with Crippen LogP contribution in [0.5, 0.6) is 0 Å². The normalized spacial score (nSPS) is 17.9. The van der Waals surface area contributed by atoms with Crippen LogP contribution in [-0.4, -0.2) is 48.4 Å². The van der Waals surface area contributed by atoms with Gasteiger partial charge in [0.15, 0.2) is 0 Å². The highest BCUT2D eigenvalue weighted by Crippen LogP contribution is 2.25. The van der Waals surface area contributed by atoms with E-state index in [1.54, 1.807) is 6.20 Å². The molecule has 1 aromatic rings. The standard InChI is InChI=1S/C12H14BrN3O4/c1-20-12(19)15-8-2-3-16(6-8)10-9(11(17)18)4-7(13)5-14-10/h4-5,8H,2-3,6H2,1H3,(H,15,19)(H,17,18). The van der Waals surface area contributed by atoms with Crippen molar-refractivity contribution in [2.45, 2.75) is 12.5 Å². The number of hydrogen-bond donors (Lipinski definition) is 2. The molecule has 1 unspecified atom stereocenters. The summed E-state index contributed by atoms with van der Waals surface area (Å²) in [5, 5.41) is 11.9. The van der Waals surface area contributed by atoms with Gasteiger partial charge in [-0.1, -0.05) is 0 Å². The Morgan fingerprint density at radius 3 is 3.00 bits per heavy atom. The average molecular weight is 344 g/mol. The third-order valence-corrected chi connectivity index (χ3v) is 3.49. The van der Waals surface area contributed by atoms with Crippen LogP contribution in [0.2, 0.25) is 0 Å². The number of hydrogen-bond acceptors (Lipinski definition) is 5. The van der Waals surface area contributed by atoms with Gasteiger partial charge in [-0.2, -0.15) is 0 Å². The molecule has 1 fully saturated rings. The van der Waals surface area contributed by atoms with E-state index in [1.807, 2.05) is 4.90 Å². The van der Waals surface area contributed by atoms with Gasteiger partial charge < -0.3 is 20.1 Å². The number of ether oxygens (including phenoxy) is 1. The summed E-state index contributed by atoms with van der Waals surface area (Å²) in [6.07, 6.45) is 1.79. The minimum Gasteiger partial charge on any atom is -0.478 e. The minimum atomic E-state index is -1.03. The van der Waals surface area contributed by atoms with Crippen molar-refractivity contribution < 1.29 is 19.4 Å². The Balaban J connectivity index is 2.14. The first-order valence-corrected chi connectivity index (χ1v) is 6.79. The molecule has 1 aliphatic rings. The Bertz CT molecular complexity index is 537. The molecule has 20 heavy (non-hydrogen) atoms. The second-order valence-corrected chi connectivity index (χ2v) is 5.31. The molecule has 0 bridgehead atoms. The molecule has 2 rings (SSSR count). The molecule has 0 spiro atoms. The highest BCUT2D eigenvalue weighted by Gasteiger charge is 2.28. The summed E-state index contributed by atoms with van der Waals surface area (Å²) in [6, 6.07) is 1.45. The molecule has 8 heteroatoms. The predicted molar refractivity (Wildman–Crippen MR) is 75.1 cm³/mol. The Kier molecular flexibility index (Phi) is 4.43. The number of carboxylic acid groups (broad SMARTS) is 1. The third kappa shape index (κ3) is 3.19. The molecule has 0 saturated carbocycles. The lowest BCUT2D eigenvalue weighted by Gasteiger charge is -2.19. The lowest BCUT2D eigenvalue weighted by molar-refractivity contribution is 0.0697. The maximum Gasteiger partial charge on any atom is 0.407 e. The molecule has 1 atom stereocenters. The fourth-order valence-electron chi connectivity index (χ4n) is 2.14. The van der Waals surface area contributed by atoms with E-state index in [-0.39, 0.29) is 11.6 Å². The topological polar surface area (TPSA) is 91.8 Å². The summed E-state index contributed by atoms with van der Waals surface area (Å²) in [6.45, 7) is 1.13. The van der Waals surface area contributed by atoms with E-state index in [2.05, 4.69) is 31.0 Å². The van der Waals surface area contributed by atoms with Crippen LogP contribution >= 0.6 is 15.9 Å². The quantitative estimate of drug-likeness (QED) is 0.863. The molecule has 0 radical (unpaired) electrons. The Morgan fingerprint density at radius 2 is 2.35 bits per heavy atom. The van der Waals surface area contributed by atoms with Gasteiger partial charge in [-0.25, -0.2) is 14.6 Å². The number of anilines is 1. The summed E-state index contributed by atoms with van der Waals surface area (Å²) < 4.78 is 5.16. The van der Waals surface area contributed by atoms with Crippen molar-refractivity contribution in [1.82, 2.24) is 10.3 Å². The van der Waals surface area contributed by atoms with Gasteiger partial charge in [-0.05, 0) is 28.4 Å². The van der Waals surface area contributed by atoms with Crippen molar-refractivity contribution in [2.24, 2.45) is 0 Å². The van der Waals surface area contributed by atoms with Crippen LogP contribution in [0.25, 0.3) is 0 Å². The number of rotatable bonds is 3. The van der Waals surface area contributed by atoms with E-state index < -0.39 is 12.1 Å². The molecule has 1 saturated heterocycles. The van der Waals surface area contributed by atoms with E-state index in [0.29, 0.717) is 29.8 Å². The van der Waals surface area contributed by atoms with E-state index in [0.717, 1.165) is 0 Å². The highest BCUT2D eigenvalue weighted by molar-refractivity contribution is 9.10. The SMILES string of the molecule is COC(=O)NC1CCN(c2ncc(Br)cc2C(=O)O)C1. The van der Waals surface area contributed by atoms with Gasteiger partial charge in [0, 0.05) is 23.8 Å². The molecule has 1 aromatic heterocycles. The predicted octanol–water partition coefficient (Wildman–Crippen LogP) is 1.48. The lowest BCUT2D eigenvalue weighted by Crippen LogP contribution is -2.37. The van der Waals surface area contributed by atoms with Crippen LogP contribution < -0.4 is 10.2 Å². The number of alkyl carbamates (subject to hydrolysis) is 1. The Morgan fingerprint density at radius 1 is 1.60 bits per heavy atom. The second-order valence-electron chi connectivity index (χ2n) is 4.40. The maximum atomic E-state index is 11.3. The number of aromatic nitrogens is 1. The van der Waals surface area contributed by atoms with Crippen molar-refractivity contribution in [3.63, 3.8) is 0 Å². The molecule has 1 amide bonds. The number of aromatic carboxylic acids is 1. The van der Waals surface area contributed by atoms with Crippen molar-refractivity contribution in [2.75, 3.05) is 25.1 Å². The number of nitrogens with zero attached hydrogens (tertiary/aromatic N) is 2. The number of carbonyl (C=O) groups is 2. The molecular formula is C12H14BrN3O4. The van der Waals surface area contributed by atoms with Gasteiger partial charge >= 0.3 is 12.1 Å². The minimum absolute atomic E-state index is 0.0745. The van der Waals surface area contributed by atoms with E-state index in [4.69, 9.17) is 0 Å². The third-order valence-electron chi connectivity index (χ3n) is 3.06. The van der Waals surface area contributed by atoms with Crippen LogP contribution in [0.15, 0.2) is 16.7 Å². The van der Waals surface area contributed by atoms with Gasteiger partial charge in [-0.3, -0.25) is 0 Å². The van der Waals surface area contributed by atoms with Crippen LogP contribution in [0, 0.1) is 0 Å². The molecule has 7 nitrogen and oxygen atoms in total. The first-order chi connectivity index (χ1) is 9.51. The summed E-state index contributed by atoms with van der Waals surface area (Å²) in [7, 11) is 1.31. The largest absolute Gasteiger partial charge is 0.478 e. The first kappa shape index (κ1) is 14.6. The van der Waals surface area contributed by atoms with Gasteiger partial charge in [0.25, 0.3) is 0 Å². The van der Waals surface area contributed by atoms with Crippen molar-refractivity contribution >= 4 is 33.8 Å². The number of nitrogens with one attached hydrogen (secondary N) is 1. The summed E-state index contributed by atoms with van der Waals surface area (Å²) in [4.78, 5) is 28.4. The molecule has 1 aliphatic heterocycles. The molecule has 0 aliphatic carbocycles. The highest BCUT2D eigenvalue weighted by atomic mass is 79.9. The molecular weight excluding hydrogens is 330 g/mol. The average Bonchev–Trinajstić information content (AvgIpc) is 2.86. The zero-order chi connectivity index (χ0) is 14.7. The van der Waals surface area contributed by atoms with Crippen LogP contribution in [0.1, 0.15) is 16.8 Å². The molecule has 2 N–H and O–H groups in total. The monoisotopic (exact) mass is 343 g/mol. The number of pyridine rings is 1. The van der Waals surface area contributed by atoms with Crippen molar-refractivity contribution in [1.29, 1.82) is 0 Å². The zero-order valence-corrected chi connectivity index (χ0v) is 12.4. The van der Waals surface area contributed by atoms with Crippen molar-refractivity contribution in [3.05, 3.63) is 22.3 Å². The van der Waals surface area contributed by atoms with E-state index in [1.165, 1.54) is 13.2 Å². The van der Waals surface area contributed by atoms with Crippen LogP contribution in [-0.2, 0) is 4.74 Å². The maximum absolute atomic E-state index is 11.3. The lowest BCUT2D eigenvalue weighted by atomic mass is 10.2. The molecule has 2 heterocycles. The zero-order valence-electron chi connectivity index (χ0n) is 10.8. The summed E-state index contributed by atoms with van der Waals surface area (Å²) >= 11 is 3.21. The second kappa shape index (κ2) is 6.08. The van der Waals surface area contributed by atoms with Gasteiger partial charge in [-0.15, -0.1) is 0 Å². The Labute approximate surface area is 124 Å². The number of carboxylic acids is 1. The number of halogens is 1. The number of amides is 1. The van der Waals surface area contributed by atoms with Crippen molar-refractivity contribution in [3.8, 4) is 0 Å². The smallest absolute Gasteiger partial charge is 0.407 e. The summed E-state index contributed by atoms with van der Waals surface area (Å²) in [5.41, 5.74) is 0.137. The fourth-order valence-corrected chi connectivity index (χ4v) is 2.47. The fraction of sp³-hybridized carbons (Fsp3) is 0.417. The van der Waals surface area contributed by atoms with Gasteiger partial charge in [0.05, 0.1) is 13.2 Å². The molecule has 0 aromatic carbocycles.